The summed E-state index contributed by atoms with van der Waals surface area (Å²) in [6.45, 7) is 0.278. The van der Waals surface area contributed by atoms with Gasteiger partial charge in [-0.15, -0.1) is 0 Å². The average molecular weight is 340 g/mol. The molecular weight excluding hydrogens is 316 g/mol. The fraction of sp³-hybridized carbons (Fsp3) is 0.400. The lowest BCUT2D eigenvalue weighted by Gasteiger charge is -2.21. The largest absolute Gasteiger partial charge is 0.391 e. The summed E-state index contributed by atoms with van der Waals surface area (Å²) in [4.78, 5) is 25.8. The second kappa shape index (κ2) is 7.66. The van der Waals surface area contributed by atoms with E-state index in [0.29, 0.717) is 12.5 Å². The number of nitrogens with one attached hydrogen (secondary N) is 1. The highest BCUT2D eigenvalue weighted by atomic mass is 16.3. The third-order valence-electron chi connectivity index (χ3n) is 4.72. The zero-order valence-electron chi connectivity index (χ0n) is 14.4. The van der Waals surface area contributed by atoms with Crippen molar-refractivity contribution in [1.29, 1.82) is 0 Å². The molecule has 2 aromatic rings. The van der Waals surface area contributed by atoms with Crippen molar-refractivity contribution in [1.82, 2.24) is 10.2 Å². The lowest BCUT2D eigenvalue weighted by Crippen LogP contribution is -2.42. The minimum Gasteiger partial charge on any atom is -0.391 e. The van der Waals surface area contributed by atoms with E-state index in [9.17, 15) is 14.7 Å². The van der Waals surface area contributed by atoms with E-state index in [4.69, 9.17) is 0 Å². The Labute approximate surface area is 147 Å². The summed E-state index contributed by atoms with van der Waals surface area (Å²) >= 11 is 0. The number of fused-ring (bicyclic) bond motifs is 1. The molecule has 0 heterocycles. The molecule has 1 fully saturated rings. The van der Waals surface area contributed by atoms with Gasteiger partial charge >= 0.3 is 0 Å². The molecule has 2 aromatic carbocycles. The predicted molar refractivity (Wildman–Crippen MR) is 97.0 cm³/mol. The van der Waals surface area contributed by atoms with Gasteiger partial charge in [0.1, 0.15) is 0 Å². The summed E-state index contributed by atoms with van der Waals surface area (Å²) in [7, 11) is 1.66. The molecule has 1 aliphatic rings. The fourth-order valence-electron chi connectivity index (χ4n) is 3.00. The van der Waals surface area contributed by atoms with Crippen LogP contribution in [0.4, 0.5) is 0 Å². The van der Waals surface area contributed by atoms with Gasteiger partial charge in [0.05, 0.1) is 19.1 Å². The molecule has 25 heavy (non-hydrogen) atoms. The zero-order chi connectivity index (χ0) is 17.8. The lowest BCUT2D eigenvalue weighted by molar-refractivity contribution is -0.132. The Balaban J connectivity index is 1.51. The van der Waals surface area contributed by atoms with Gasteiger partial charge in [-0.2, -0.15) is 0 Å². The number of aliphatic hydroxyl groups is 1. The van der Waals surface area contributed by atoms with Crippen molar-refractivity contribution in [2.75, 3.05) is 20.1 Å². The standard InChI is InChI=1S/C20H24N2O3/c1-22(13-18(23)15-9-10-15)20(25)12-21-19(24)11-16-7-4-6-14-5-2-3-8-17(14)16/h2-8,15,18,23H,9-13H2,1H3,(H,21,24). The molecule has 2 N–H and O–H groups in total. The van der Waals surface area contributed by atoms with Crippen molar-refractivity contribution in [3.63, 3.8) is 0 Å². The molecule has 0 bridgehead atoms. The van der Waals surface area contributed by atoms with Gasteiger partial charge in [0, 0.05) is 13.6 Å². The molecule has 5 nitrogen and oxygen atoms in total. The van der Waals surface area contributed by atoms with Crippen LogP contribution in [-0.4, -0.2) is 48.1 Å². The normalized spacial score (nSPS) is 15.0. The van der Waals surface area contributed by atoms with Crippen LogP contribution in [0.25, 0.3) is 10.8 Å². The lowest BCUT2D eigenvalue weighted by atomic mass is 10.0. The van der Waals surface area contributed by atoms with Crippen molar-refractivity contribution < 1.29 is 14.7 Å². The first-order chi connectivity index (χ1) is 12.0. The Morgan fingerprint density at radius 3 is 2.68 bits per heavy atom. The monoisotopic (exact) mass is 340 g/mol. The number of amides is 2. The Morgan fingerprint density at radius 2 is 1.92 bits per heavy atom. The first-order valence-electron chi connectivity index (χ1n) is 8.70. The molecule has 0 radical (unpaired) electrons. The maximum Gasteiger partial charge on any atom is 0.241 e. The minimum absolute atomic E-state index is 0.0442. The number of rotatable bonds is 7. The van der Waals surface area contributed by atoms with Gasteiger partial charge in [0.15, 0.2) is 0 Å². The fourth-order valence-corrected chi connectivity index (χ4v) is 3.00. The van der Waals surface area contributed by atoms with Crippen LogP contribution in [0.3, 0.4) is 0 Å². The first kappa shape index (κ1) is 17.4. The molecule has 2 amide bonds. The molecule has 0 aromatic heterocycles. The molecule has 1 aliphatic carbocycles. The number of aliphatic hydroxyl groups excluding tert-OH is 1. The van der Waals surface area contributed by atoms with E-state index in [1.807, 2.05) is 42.5 Å². The minimum atomic E-state index is -0.458. The maximum absolute atomic E-state index is 12.2. The number of hydrogen-bond donors (Lipinski definition) is 2. The summed E-state index contributed by atoms with van der Waals surface area (Å²) in [5.74, 6) is -0.0389. The number of carbonyl (C=O) groups excluding carboxylic acids is 2. The van der Waals surface area contributed by atoms with Crippen LogP contribution in [0, 0.1) is 5.92 Å². The van der Waals surface area contributed by atoms with E-state index in [0.717, 1.165) is 29.2 Å². The Bertz CT molecular complexity index is 765. The van der Waals surface area contributed by atoms with Crippen LogP contribution >= 0.6 is 0 Å². The summed E-state index contributed by atoms with van der Waals surface area (Å²) in [6, 6.07) is 13.8. The van der Waals surface area contributed by atoms with Gasteiger partial charge in [0.25, 0.3) is 0 Å². The van der Waals surface area contributed by atoms with E-state index < -0.39 is 6.10 Å². The van der Waals surface area contributed by atoms with Gasteiger partial charge in [-0.05, 0) is 35.1 Å². The predicted octanol–water partition coefficient (Wildman–Crippen LogP) is 1.73. The Kier molecular flexibility index (Phi) is 5.34. The van der Waals surface area contributed by atoms with Crippen molar-refractivity contribution in [2.45, 2.75) is 25.4 Å². The van der Waals surface area contributed by atoms with E-state index in [1.54, 1.807) is 7.05 Å². The summed E-state index contributed by atoms with van der Waals surface area (Å²) < 4.78 is 0. The number of nitrogens with zero attached hydrogens (tertiary/aromatic N) is 1. The summed E-state index contributed by atoms with van der Waals surface area (Å²) in [6.07, 6.45) is 1.85. The first-order valence-corrected chi connectivity index (χ1v) is 8.70. The van der Waals surface area contributed by atoms with E-state index in [-0.39, 0.29) is 24.8 Å². The number of carbonyl (C=O) groups is 2. The van der Waals surface area contributed by atoms with Crippen molar-refractivity contribution >= 4 is 22.6 Å². The third-order valence-corrected chi connectivity index (χ3v) is 4.72. The number of hydrogen-bond acceptors (Lipinski definition) is 3. The molecule has 1 saturated carbocycles. The van der Waals surface area contributed by atoms with Crippen LogP contribution in [0.1, 0.15) is 18.4 Å². The molecule has 0 aliphatic heterocycles. The number of benzene rings is 2. The van der Waals surface area contributed by atoms with E-state index >= 15 is 0 Å². The smallest absolute Gasteiger partial charge is 0.241 e. The van der Waals surface area contributed by atoms with Crippen LogP contribution in [0.15, 0.2) is 42.5 Å². The molecule has 1 atom stereocenters. The van der Waals surface area contributed by atoms with Gasteiger partial charge in [0.2, 0.25) is 11.8 Å². The SMILES string of the molecule is CN(CC(O)C1CC1)C(=O)CNC(=O)Cc1cccc2ccccc12. The van der Waals surface area contributed by atoms with Crippen molar-refractivity contribution in [2.24, 2.45) is 5.92 Å². The van der Waals surface area contributed by atoms with Crippen molar-refractivity contribution in [3.05, 3.63) is 48.0 Å². The van der Waals surface area contributed by atoms with Crippen molar-refractivity contribution in [3.8, 4) is 0 Å². The Morgan fingerprint density at radius 1 is 1.20 bits per heavy atom. The highest BCUT2D eigenvalue weighted by Crippen LogP contribution is 2.32. The van der Waals surface area contributed by atoms with Crippen LogP contribution in [-0.2, 0) is 16.0 Å². The molecule has 5 heteroatoms. The van der Waals surface area contributed by atoms with Crippen LogP contribution in [0.5, 0.6) is 0 Å². The second-order valence-corrected chi connectivity index (χ2v) is 6.77. The molecule has 1 unspecified atom stereocenters. The molecular formula is C20H24N2O3. The number of likely N-dealkylation sites (N-methyl/N-ethyl adjacent to an activating group) is 1. The third kappa shape index (κ3) is 4.57. The average Bonchev–Trinajstić information content (AvgIpc) is 3.45. The second-order valence-electron chi connectivity index (χ2n) is 6.77. The van der Waals surface area contributed by atoms with Gasteiger partial charge < -0.3 is 15.3 Å². The summed E-state index contributed by atoms with van der Waals surface area (Å²) in [5, 5.41) is 14.7. The zero-order valence-corrected chi connectivity index (χ0v) is 14.4. The maximum atomic E-state index is 12.2. The van der Waals surface area contributed by atoms with Gasteiger partial charge in [-0.1, -0.05) is 42.5 Å². The van der Waals surface area contributed by atoms with Crippen LogP contribution in [0.2, 0.25) is 0 Å². The highest BCUT2D eigenvalue weighted by Gasteiger charge is 2.31. The quantitative estimate of drug-likeness (QED) is 0.806. The highest BCUT2D eigenvalue weighted by molar-refractivity contribution is 5.91. The van der Waals surface area contributed by atoms with Crippen LogP contribution < -0.4 is 5.32 Å². The van der Waals surface area contributed by atoms with Gasteiger partial charge in [-0.3, -0.25) is 9.59 Å². The van der Waals surface area contributed by atoms with Gasteiger partial charge in [-0.25, -0.2) is 0 Å². The molecule has 132 valence electrons. The summed E-state index contributed by atoms with van der Waals surface area (Å²) in [5.41, 5.74) is 0.945. The van der Waals surface area contributed by atoms with E-state index in [1.165, 1.54) is 4.90 Å². The Hall–Kier alpha value is -2.40. The molecule has 0 saturated heterocycles. The van der Waals surface area contributed by atoms with E-state index in [2.05, 4.69) is 5.32 Å². The molecule has 3 rings (SSSR count). The topological polar surface area (TPSA) is 69.6 Å². The molecule has 0 spiro atoms.